The Morgan fingerprint density at radius 1 is 0.921 bits per heavy atom. The first-order chi connectivity index (χ1) is 18.1. The lowest BCUT2D eigenvalue weighted by Crippen LogP contribution is -2.41. The quantitative estimate of drug-likeness (QED) is 0.410. The first-order valence-electron chi connectivity index (χ1n) is 12.2. The minimum absolute atomic E-state index is 0.0541. The minimum atomic E-state index is -3.81. The van der Waals surface area contributed by atoms with E-state index in [0.717, 1.165) is 11.1 Å². The normalized spacial score (nSPS) is 15.1. The van der Waals surface area contributed by atoms with E-state index in [-0.39, 0.29) is 35.6 Å². The van der Waals surface area contributed by atoms with E-state index in [4.69, 9.17) is 4.74 Å². The molecule has 3 aromatic rings. The summed E-state index contributed by atoms with van der Waals surface area (Å²) in [4.78, 5) is 12.9. The zero-order chi connectivity index (χ0) is 27.3. The fourth-order valence-corrected chi connectivity index (χ4v) is 6.94. The second kappa shape index (κ2) is 11.5. The molecule has 1 fully saturated rings. The molecule has 0 saturated carbocycles. The number of amides is 1. The van der Waals surface area contributed by atoms with Crippen molar-refractivity contribution in [2.45, 2.75) is 30.4 Å². The molecule has 2 N–H and O–H groups in total. The minimum Gasteiger partial charge on any atom is -0.497 e. The molecule has 1 amide bonds. The summed E-state index contributed by atoms with van der Waals surface area (Å²) in [7, 11) is -5.75. The molecule has 9 nitrogen and oxygen atoms in total. The summed E-state index contributed by atoms with van der Waals surface area (Å²) >= 11 is 0. The van der Waals surface area contributed by atoms with Crippen molar-refractivity contribution >= 4 is 37.3 Å². The molecule has 1 heterocycles. The smallest absolute Gasteiger partial charge is 0.261 e. The fourth-order valence-electron chi connectivity index (χ4n) is 4.33. The summed E-state index contributed by atoms with van der Waals surface area (Å²) in [5.74, 6) is 0.00423. The summed E-state index contributed by atoms with van der Waals surface area (Å²) in [6, 6.07) is 19.8. The molecule has 3 aromatic carbocycles. The third-order valence-corrected chi connectivity index (χ3v) is 9.67. The van der Waals surface area contributed by atoms with Crippen molar-refractivity contribution in [2.24, 2.45) is 5.92 Å². The molecule has 0 radical (unpaired) electrons. The SMILES string of the molecule is COc1ccc(NS(=O)(=O)c2ccc(NC(=O)C3CCN(S(=O)(=O)Cc4cccc(C)c4)CC3)cc2)cc1. The largest absolute Gasteiger partial charge is 0.497 e. The van der Waals surface area contributed by atoms with Crippen LogP contribution in [0.2, 0.25) is 0 Å². The number of carbonyl (C=O) groups excluding carboxylic acids is 1. The molecule has 1 aliphatic heterocycles. The van der Waals surface area contributed by atoms with E-state index in [1.807, 2.05) is 25.1 Å². The molecule has 1 saturated heterocycles. The maximum absolute atomic E-state index is 12.9. The van der Waals surface area contributed by atoms with E-state index in [1.165, 1.54) is 35.7 Å². The van der Waals surface area contributed by atoms with Crippen LogP contribution in [-0.2, 0) is 30.6 Å². The predicted octanol–water partition coefficient (Wildman–Crippen LogP) is 3.98. The van der Waals surface area contributed by atoms with Gasteiger partial charge < -0.3 is 10.1 Å². The number of hydrogen-bond donors (Lipinski definition) is 2. The standard InChI is InChI=1S/C27H31N3O6S2/c1-20-4-3-5-21(18-20)19-37(32,33)30-16-14-22(15-17-30)27(31)28-23-8-12-26(13-9-23)38(34,35)29-24-6-10-25(36-2)11-7-24/h3-13,18,22,29H,14-17,19H2,1-2H3,(H,28,31). The summed E-state index contributed by atoms with van der Waals surface area (Å²) < 4.78 is 60.1. The third-order valence-electron chi connectivity index (χ3n) is 6.42. The Labute approximate surface area is 223 Å². The van der Waals surface area contributed by atoms with Gasteiger partial charge in [0, 0.05) is 30.4 Å². The average Bonchev–Trinajstić information content (AvgIpc) is 2.89. The zero-order valence-electron chi connectivity index (χ0n) is 21.3. The number of rotatable bonds is 9. The summed E-state index contributed by atoms with van der Waals surface area (Å²) in [5.41, 5.74) is 2.62. The lowest BCUT2D eigenvalue weighted by Gasteiger charge is -2.30. The van der Waals surface area contributed by atoms with E-state index in [1.54, 1.807) is 30.3 Å². The summed E-state index contributed by atoms with van der Waals surface area (Å²) in [5, 5.41) is 2.82. The molecule has 38 heavy (non-hydrogen) atoms. The van der Waals surface area contributed by atoms with Crippen LogP contribution < -0.4 is 14.8 Å². The van der Waals surface area contributed by atoms with Crippen LogP contribution in [0.15, 0.2) is 77.7 Å². The number of aryl methyl sites for hydroxylation is 1. The Balaban J connectivity index is 1.31. The van der Waals surface area contributed by atoms with Crippen molar-refractivity contribution in [3.05, 3.63) is 83.9 Å². The van der Waals surface area contributed by atoms with Gasteiger partial charge >= 0.3 is 0 Å². The van der Waals surface area contributed by atoms with Gasteiger partial charge in [-0.25, -0.2) is 21.1 Å². The summed E-state index contributed by atoms with van der Waals surface area (Å²) in [6.07, 6.45) is 0.828. The molecule has 4 rings (SSSR count). The highest BCUT2D eigenvalue weighted by Gasteiger charge is 2.31. The number of anilines is 2. The van der Waals surface area contributed by atoms with Crippen molar-refractivity contribution in [1.82, 2.24) is 4.31 Å². The number of methoxy groups -OCH3 is 1. The highest BCUT2D eigenvalue weighted by atomic mass is 32.2. The Kier molecular flexibility index (Phi) is 8.39. The van der Waals surface area contributed by atoms with Crippen molar-refractivity contribution in [2.75, 3.05) is 30.2 Å². The maximum atomic E-state index is 12.9. The Morgan fingerprint density at radius 3 is 2.16 bits per heavy atom. The second-order valence-corrected chi connectivity index (χ2v) is 12.9. The predicted molar refractivity (Wildman–Crippen MR) is 147 cm³/mol. The van der Waals surface area contributed by atoms with Crippen molar-refractivity contribution in [3.63, 3.8) is 0 Å². The van der Waals surface area contributed by atoms with Crippen LogP contribution >= 0.6 is 0 Å². The van der Waals surface area contributed by atoms with Crippen LogP contribution in [0, 0.1) is 12.8 Å². The van der Waals surface area contributed by atoms with Crippen molar-refractivity contribution in [1.29, 1.82) is 0 Å². The Morgan fingerprint density at radius 2 is 1.55 bits per heavy atom. The molecule has 0 unspecified atom stereocenters. The van der Waals surface area contributed by atoms with Crippen LogP contribution in [0.3, 0.4) is 0 Å². The van der Waals surface area contributed by atoms with Gasteiger partial charge in [0.15, 0.2) is 0 Å². The van der Waals surface area contributed by atoms with E-state index >= 15 is 0 Å². The van der Waals surface area contributed by atoms with Gasteiger partial charge in [-0.1, -0.05) is 29.8 Å². The van der Waals surface area contributed by atoms with Gasteiger partial charge in [-0.05, 0) is 73.9 Å². The van der Waals surface area contributed by atoms with Gasteiger partial charge in [-0.2, -0.15) is 0 Å². The van der Waals surface area contributed by atoms with Gasteiger partial charge in [0.05, 0.1) is 17.8 Å². The third kappa shape index (κ3) is 6.91. The molecule has 202 valence electrons. The molecular weight excluding hydrogens is 526 g/mol. The highest BCUT2D eigenvalue weighted by Crippen LogP contribution is 2.25. The van der Waals surface area contributed by atoms with Gasteiger partial charge in [0.2, 0.25) is 15.9 Å². The van der Waals surface area contributed by atoms with Gasteiger partial charge in [0.25, 0.3) is 10.0 Å². The van der Waals surface area contributed by atoms with Crippen LogP contribution in [0.25, 0.3) is 0 Å². The van der Waals surface area contributed by atoms with E-state index in [2.05, 4.69) is 10.0 Å². The number of benzene rings is 3. The molecule has 0 atom stereocenters. The second-order valence-electron chi connectivity index (χ2n) is 9.27. The highest BCUT2D eigenvalue weighted by molar-refractivity contribution is 7.92. The van der Waals surface area contributed by atoms with E-state index < -0.39 is 20.0 Å². The molecule has 0 spiro atoms. The number of sulfonamides is 2. The van der Waals surface area contributed by atoms with Crippen molar-refractivity contribution in [3.8, 4) is 5.75 Å². The lowest BCUT2D eigenvalue weighted by molar-refractivity contribution is -0.120. The Bertz CT molecular complexity index is 1480. The number of ether oxygens (including phenoxy) is 1. The first-order valence-corrected chi connectivity index (χ1v) is 15.3. The fraction of sp³-hybridized carbons (Fsp3) is 0.296. The van der Waals surface area contributed by atoms with E-state index in [0.29, 0.717) is 30.0 Å². The molecule has 11 heteroatoms. The van der Waals surface area contributed by atoms with Crippen molar-refractivity contribution < 1.29 is 26.4 Å². The average molecular weight is 558 g/mol. The first kappa shape index (κ1) is 27.6. The molecule has 0 bridgehead atoms. The number of nitrogens with one attached hydrogen (secondary N) is 2. The number of piperidine rings is 1. The summed E-state index contributed by atoms with van der Waals surface area (Å²) in [6.45, 7) is 2.48. The zero-order valence-corrected chi connectivity index (χ0v) is 22.9. The van der Waals surface area contributed by atoms with Crippen LogP contribution in [-0.4, -0.2) is 47.2 Å². The van der Waals surface area contributed by atoms with Gasteiger partial charge in [0.1, 0.15) is 5.75 Å². The number of nitrogens with zero attached hydrogens (tertiary/aromatic N) is 1. The molecular formula is C27H31N3O6S2. The Hall–Kier alpha value is -3.41. The van der Waals surface area contributed by atoms with Crippen LogP contribution in [0.1, 0.15) is 24.0 Å². The number of carbonyl (C=O) groups is 1. The van der Waals surface area contributed by atoms with Gasteiger partial charge in [-0.15, -0.1) is 0 Å². The molecule has 0 aliphatic carbocycles. The molecule has 1 aliphatic rings. The van der Waals surface area contributed by atoms with E-state index in [9.17, 15) is 21.6 Å². The number of hydrogen-bond acceptors (Lipinski definition) is 6. The monoisotopic (exact) mass is 557 g/mol. The maximum Gasteiger partial charge on any atom is 0.261 e. The topological polar surface area (TPSA) is 122 Å². The van der Waals surface area contributed by atoms with Crippen LogP contribution in [0.5, 0.6) is 5.75 Å². The van der Waals surface area contributed by atoms with Crippen LogP contribution in [0.4, 0.5) is 11.4 Å². The lowest BCUT2D eigenvalue weighted by atomic mass is 9.97. The van der Waals surface area contributed by atoms with Gasteiger partial charge in [-0.3, -0.25) is 9.52 Å². The molecule has 0 aromatic heterocycles.